The molecular weight excluding hydrogens is 206 g/mol. The molecule has 0 bridgehead atoms. The Balaban J connectivity index is 2.24. The first-order chi connectivity index (χ1) is 7.59. The van der Waals surface area contributed by atoms with E-state index in [9.17, 15) is 4.79 Å². The number of rotatable bonds is 3. The van der Waals surface area contributed by atoms with E-state index in [4.69, 9.17) is 15.6 Å². The largest absolute Gasteiger partial charge is 0.493 e. The van der Waals surface area contributed by atoms with Gasteiger partial charge in [0, 0.05) is 12.5 Å². The lowest BCUT2D eigenvalue weighted by Gasteiger charge is -2.17. The van der Waals surface area contributed by atoms with Crippen LogP contribution in [-0.2, 0) is 11.2 Å². The van der Waals surface area contributed by atoms with Gasteiger partial charge in [0.2, 0.25) is 0 Å². The molecule has 1 aliphatic heterocycles. The van der Waals surface area contributed by atoms with Gasteiger partial charge in [-0.1, -0.05) is 19.1 Å². The highest BCUT2D eigenvalue weighted by Gasteiger charge is 2.23. The minimum Gasteiger partial charge on any atom is -0.493 e. The van der Waals surface area contributed by atoms with Crippen LogP contribution in [0.5, 0.6) is 5.75 Å². The van der Waals surface area contributed by atoms with E-state index in [0.717, 1.165) is 23.3 Å². The summed E-state index contributed by atoms with van der Waals surface area (Å²) in [6.07, 6.45) is 0.872. The van der Waals surface area contributed by atoms with Crippen molar-refractivity contribution in [1.29, 1.82) is 0 Å². The number of ether oxygens (including phenoxy) is 1. The van der Waals surface area contributed by atoms with E-state index in [1.165, 1.54) is 0 Å². The molecule has 16 heavy (non-hydrogen) atoms. The first-order valence-corrected chi connectivity index (χ1v) is 5.33. The second-order valence-electron chi connectivity index (χ2n) is 4.12. The maximum atomic E-state index is 10.8. The number of aliphatic carboxylic acids is 1. The summed E-state index contributed by atoms with van der Waals surface area (Å²) in [5.41, 5.74) is 7.89. The third-order valence-electron chi connectivity index (χ3n) is 3.03. The van der Waals surface area contributed by atoms with Gasteiger partial charge in [-0.15, -0.1) is 0 Å². The molecule has 1 heterocycles. The van der Waals surface area contributed by atoms with Crippen LogP contribution in [0.15, 0.2) is 18.2 Å². The highest BCUT2D eigenvalue weighted by Crippen LogP contribution is 2.29. The van der Waals surface area contributed by atoms with Crippen molar-refractivity contribution >= 4 is 5.97 Å². The summed E-state index contributed by atoms with van der Waals surface area (Å²) in [4.78, 5) is 10.8. The summed E-state index contributed by atoms with van der Waals surface area (Å²) >= 11 is 0. The van der Waals surface area contributed by atoms with Gasteiger partial charge in [-0.05, 0) is 17.2 Å². The second kappa shape index (κ2) is 4.14. The molecular formula is C12H15NO3. The highest BCUT2D eigenvalue weighted by molar-refractivity contribution is 5.70. The maximum absolute atomic E-state index is 10.8. The van der Waals surface area contributed by atoms with Gasteiger partial charge >= 0.3 is 5.97 Å². The van der Waals surface area contributed by atoms with Gasteiger partial charge in [0.1, 0.15) is 5.75 Å². The van der Waals surface area contributed by atoms with Crippen molar-refractivity contribution in [2.24, 2.45) is 11.7 Å². The summed E-state index contributed by atoms with van der Waals surface area (Å²) in [6, 6.07) is 5.19. The lowest BCUT2D eigenvalue weighted by atomic mass is 9.94. The molecule has 4 heteroatoms. The zero-order chi connectivity index (χ0) is 11.7. The Morgan fingerprint density at radius 3 is 3.00 bits per heavy atom. The average Bonchev–Trinajstić information content (AvgIpc) is 2.73. The van der Waals surface area contributed by atoms with Crippen molar-refractivity contribution < 1.29 is 14.6 Å². The number of benzene rings is 1. The van der Waals surface area contributed by atoms with Crippen molar-refractivity contribution in [1.82, 2.24) is 0 Å². The minimum atomic E-state index is -0.871. The molecule has 2 atom stereocenters. The zero-order valence-corrected chi connectivity index (χ0v) is 9.14. The predicted molar refractivity (Wildman–Crippen MR) is 59.4 cm³/mol. The Hall–Kier alpha value is -1.55. The molecule has 0 aliphatic carbocycles. The molecule has 0 amide bonds. The van der Waals surface area contributed by atoms with Crippen molar-refractivity contribution in [3.63, 3.8) is 0 Å². The van der Waals surface area contributed by atoms with Crippen LogP contribution in [0.2, 0.25) is 0 Å². The van der Waals surface area contributed by atoms with Gasteiger partial charge in [0.15, 0.2) is 0 Å². The Labute approximate surface area is 94.0 Å². The van der Waals surface area contributed by atoms with E-state index in [1.54, 1.807) is 6.92 Å². The summed E-state index contributed by atoms with van der Waals surface area (Å²) < 4.78 is 5.38. The molecule has 0 spiro atoms. The van der Waals surface area contributed by atoms with Crippen molar-refractivity contribution in [2.45, 2.75) is 19.4 Å². The molecule has 1 aromatic rings. The number of hydrogen-bond acceptors (Lipinski definition) is 3. The summed E-state index contributed by atoms with van der Waals surface area (Å²) in [5.74, 6) is -0.566. The van der Waals surface area contributed by atoms with Crippen LogP contribution in [0.3, 0.4) is 0 Å². The molecule has 0 saturated carbocycles. The third-order valence-corrected chi connectivity index (χ3v) is 3.03. The predicted octanol–water partition coefficient (Wildman–Crippen LogP) is 1.34. The van der Waals surface area contributed by atoms with E-state index in [1.807, 2.05) is 18.2 Å². The first-order valence-electron chi connectivity index (χ1n) is 5.33. The molecule has 2 unspecified atom stereocenters. The van der Waals surface area contributed by atoms with Crippen LogP contribution in [-0.4, -0.2) is 17.7 Å². The molecule has 86 valence electrons. The lowest BCUT2D eigenvalue weighted by Crippen LogP contribution is -2.25. The Morgan fingerprint density at radius 2 is 2.31 bits per heavy atom. The molecule has 1 aromatic carbocycles. The van der Waals surface area contributed by atoms with Gasteiger partial charge in [-0.3, -0.25) is 4.79 Å². The molecule has 0 aromatic heterocycles. The number of fused-ring (bicyclic) bond motifs is 1. The topological polar surface area (TPSA) is 72.5 Å². The van der Waals surface area contributed by atoms with Crippen molar-refractivity contribution in [3.05, 3.63) is 29.3 Å². The van der Waals surface area contributed by atoms with Crippen LogP contribution in [0.25, 0.3) is 0 Å². The van der Waals surface area contributed by atoms with Crippen LogP contribution in [0.4, 0.5) is 0 Å². The summed E-state index contributed by atoms with van der Waals surface area (Å²) in [6.45, 7) is 2.32. The van der Waals surface area contributed by atoms with E-state index < -0.39 is 17.9 Å². The number of nitrogens with two attached hydrogens (primary N) is 1. The first kappa shape index (κ1) is 11.0. The molecule has 2 rings (SSSR count). The van der Waals surface area contributed by atoms with E-state index >= 15 is 0 Å². The van der Waals surface area contributed by atoms with Crippen LogP contribution >= 0.6 is 0 Å². The second-order valence-corrected chi connectivity index (χ2v) is 4.12. The smallest absolute Gasteiger partial charge is 0.308 e. The molecule has 3 N–H and O–H groups in total. The quantitative estimate of drug-likeness (QED) is 0.808. The molecule has 0 radical (unpaired) electrons. The molecule has 4 nitrogen and oxygen atoms in total. The third kappa shape index (κ3) is 1.88. The number of carboxylic acid groups (broad SMARTS) is 1. The standard InChI is InChI=1S/C12H15NO3/c1-7(12(14)15)11(13)9-2-3-10-8(6-9)4-5-16-10/h2-3,6-7,11H,4-5,13H2,1H3,(H,14,15). The Morgan fingerprint density at radius 1 is 1.56 bits per heavy atom. The van der Waals surface area contributed by atoms with E-state index in [2.05, 4.69) is 0 Å². The number of carboxylic acids is 1. The Kier molecular flexibility index (Phi) is 2.83. The minimum absolute atomic E-state index is 0.469. The van der Waals surface area contributed by atoms with Gasteiger partial charge in [0.25, 0.3) is 0 Å². The Bertz CT molecular complexity index is 417. The summed E-state index contributed by atoms with van der Waals surface area (Å²) in [7, 11) is 0. The molecule has 1 aliphatic rings. The van der Waals surface area contributed by atoms with Crippen LogP contribution in [0, 0.1) is 5.92 Å². The maximum Gasteiger partial charge on any atom is 0.308 e. The number of carbonyl (C=O) groups is 1. The van der Waals surface area contributed by atoms with E-state index in [-0.39, 0.29) is 0 Å². The van der Waals surface area contributed by atoms with Crippen LogP contribution < -0.4 is 10.5 Å². The van der Waals surface area contributed by atoms with Gasteiger partial charge in [-0.25, -0.2) is 0 Å². The van der Waals surface area contributed by atoms with Gasteiger partial charge in [-0.2, -0.15) is 0 Å². The fourth-order valence-corrected chi connectivity index (χ4v) is 1.86. The van der Waals surface area contributed by atoms with Gasteiger partial charge < -0.3 is 15.6 Å². The summed E-state index contributed by atoms with van der Waals surface area (Å²) in [5, 5.41) is 8.90. The normalized spacial score (nSPS) is 17.4. The zero-order valence-electron chi connectivity index (χ0n) is 9.14. The molecule has 0 saturated heterocycles. The number of hydrogen-bond donors (Lipinski definition) is 2. The van der Waals surface area contributed by atoms with Gasteiger partial charge in [0.05, 0.1) is 12.5 Å². The fourth-order valence-electron chi connectivity index (χ4n) is 1.86. The lowest BCUT2D eigenvalue weighted by molar-refractivity contribution is -0.141. The molecule has 0 fully saturated rings. The highest BCUT2D eigenvalue weighted by atomic mass is 16.5. The monoisotopic (exact) mass is 221 g/mol. The van der Waals surface area contributed by atoms with Crippen molar-refractivity contribution in [2.75, 3.05) is 6.61 Å². The van der Waals surface area contributed by atoms with Crippen molar-refractivity contribution in [3.8, 4) is 5.75 Å². The van der Waals surface area contributed by atoms with E-state index in [0.29, 0.717) is 6.61 Å². The fraction of sp³-hybridized carbons (Fsp3) is 0.417. The average molecular weight is 221 g/mol. The van der Waals surface area contributed by atoms with Crippen LogP contribution in [0.1, 0.15) is 24.1 Å². The SMILES string of the molecule is CC(C(=O)O)C(N)c1ccc2c(c1)CCO2.